The zero-order valence-electron chi connectivity index (χ0n) is 18.4. The standard InChI is InChI=1S/C24H18F3N7O/c1-13-9-16(19(25)11-18(13)24-30-7-2-3-20(35-24)21(26)27)12-34-32-23(31-33-34)15-4-5-17-14(10-15)6-8-29-22(17)28/h2,4-6,8-11,21H,7,12H2,1H3,(H2,28,29). The predicted octanol–water partition coefficient (Wildman–Crippen LogP) is 4.05. The van der Waals surface area contributed by atoms with Crippen molar-refractivity contribution in [3.05, 3.63) is 82.7 Å². The van der Waals surface area contributed by atoms with Crippen LogP contribution in [0.25, 0.3) is 22.2 Å². The first-order valence-electron chi connectivity index (χ1n) is 10.6. The van der Waals surface area contributed by atoms with Crippen molar-refractivity contribution in [2.45, 2.75) is 19.9 Å². The Balaban J connectivity index is 1.39. The topological polar surface area (TPSA) is 104 Å². The molecule has 176 valence electrons. The number of nitrogen functional groups attached to an aromatic ring is 1. The highest BCUT2D eigenvalue weighted by atomic mass is 19.3. The van der Waals surface area contributed by atoms with Crippen LogP contribution in [0, 0.1) is 12.7 Å². The Hall–Kier alpha value is -4.50. The number of hydrogen-bond acceptors (Lipinski definition) is 7. The number of benzene rings is 2. The minimum Gasteiger partial charge on any atom is -0.429 e. The summed E-state index contributed by atoms with van der Waals surface area (Å²) >= 11 is 0. The normalized spacial score (nSPS) is 13.5. The Kier molecular flexibility index (Phi) is 5.76. The molecule has 1 aliphatic rings. The first kappa shape index (κ1) is 22.3. The van der Waals surface area contributed by atoms with Crippen molar-refractivity contribution in [2.24, 2.45) is 4.99 Å². The van der Waals surface area contributed by atoms with Crippen molar-refractivity contribution >= 4 is 22.5 Å². The second kappa shape index (κ2) is 9.03. The van der Waals surface area contributed by atoms with Crippen molar-refractivity contribution in [2.75, 3.05) is 12.3 Å². The third-order valence-electron chi connectivity index (χ3n) is 5.42. The number of pyridine rings is 1. The molecule has 0 atom stereocenters. The maximum Gasteiger partial charge on any atom is 0.302 e. The van der Waals surface area contributed by atoms with Crippen molar-refractivity contribution in [1.82, 2.24) is 25.2 Å². The van der Waals surface area contributed by atoms with Gasteiger partial charge in [-0.15, -0.1) is 10.2 Å². The zero-order chi connectivity index (χ0) is 24.5. The average Bonchev–Trinajstić information content (AvgIpc) is 3.16. The number of nitrogens with two attached hydrogens (primary N) is 1. The van der Waals surface area contributed by atoms with Crippen LogP contribution < -0.4 is 5.73 Å². The summed E-state index contributed by atoms with van der Waals surface area (Å²) in [5, 5.41) is 14.2. The van der Waals surface area contributed by atoms with Gasteiger partial charge >= 0.3 is 6.43 Å². The monoisotopic (exact) mass is 477 g/mol. The van der Waals surface area contributed by atoms with E-state index in [0.29, 0.717) is 22.8 Å². The molecule has 1 aliphatic heterocycles. The molecule has 0 saturated carbocycles. The molecule has 0 amide bonds. The minimum atomic E-state index is -2.86. The molecule has 0 bridgehead atoms. The quantitative estimate of drug-likeness (QED) is 0.435. The summed E-state index contributed by atoms with van der Waals surface area (Å²) in [4.78, 5) is 9.45. The highest BCUT2D eigenvalue weighted by molar-refractivity contribution is 5.96. The number of aliphatic imine (C=N–C) groups is 1. The van der Waals surface area contributed by atoms with Crippen LogP contribution in [0.1, 0.15) is 16.7 Å². The van der Waals surface area contributed by atoms with E-state index in [-0.39, 0.29) is 24.6 Å². The van der Waals surface area contributed by atoms with E-state index >= 15 is 0 Å². The first-order chi connectivity index (χ1) is 16.9. The van der Waals surface area contributed by atoms with Crippen LogP contribution in [-0.2, 0) is 11.3 Å². The Bertz CT molecular complexity index is 1540. The summed E-state index contributed by atoms with van der Waals surface area (Å²) in [7, 11) is 0. The van der Waals surface area contributed by atoms with E-state index < -0.39 is 18.0 Å². The summed E-state index contributed by atoms with van der Waals surface area (Å²) < 4.78 is 46.4. The van der Waals surface area contributed by atoms with Gasteiger partial charge in [0.1, 0.15) is 11.6 Å². The van der Waals surface area contributed by atoms with Crippen LogP contribution >= 0.6 is 0 Å². The summed E-state index contributed by atoms with van der Waals surface area (Å²) in [6, 6.07) is 10.1. The molecule has 2 N–H and O–H groups in total. The summed E-state index contributed by atoms with van der Waals surface area (Å²) in [6.45, 7) is 1.82. The number of halogens is 3. The summed E-state index contributed by atoms with van der Waals surface area (Å²) in [5.74, 6) is -0.520. The van der Waals surface area contributed by atoms with Gasteiger partial charge in [-0.2, -0.15) is 4.80 Å². The Morgan fingerprint density at radius 2 is 2.06 bits per heavy atom. The SMILES string of the molecule is Cc1cc(Cn2nnc(-c3ccc4c(N)nccc4c3)n2)c(F)cc1C1=NCC=C=C(C(F)F)O1. The maximum atomic E-state index is 15.0. The third-order valence-corrected chi connectivity index (χ3v) is 5.42. The van der Waals surface area contributed by atoms with Crippen LogP contribution in [0.2, 0.25) is 0 Å². The lowest BCUT2D eigenvalue weighted by Crippen LogP contribution is -2.14. The third kappa shape index (κ3) is 4.49. The van der Waals surface area contributed by atoms with Crippen molar-refractivity contribution in [3.63, 3.8) is 0 Å². The predicted molar refractivity (Wildman–Crippen MR) is 123 cm³/mol. The largest absolute Gasteiger partial charge is 0.429 e. The van der Waals surface area contributed by atoms with Crippen LogP contribution in [-0.4, -0.2) is 44.1 Å². The van der Waals surface area contributed by atoms with E-state index in [1.54, 1.807) is 19.2 Å². The Morgan fingerprint density at radius 1 is 1.20 bits per heavy atom. The number of fused-ring (bicyclic) bond motifs is 1. The number of aryl methyl sites for hydroxylation is 1. The fraction of sp³-hybridized carbons (Fsp3) is 0.167. The molecule has 2 aromatic carbocycles. The van der Waals surface area contributed by atoms with E-state index in [0.717, 1.165) is 16.3 Å². The molecular formula is C24H18F3N7O. The molecule has 3 heterocycles. The van der Waals surface area contributed by atoms with E-state index in [1.807, 2.05) is 24.3 Å². The molecule has 0 fully saturated rings. The Labute approximate surface area is 197 Å². The zero-order valence-corrected chi connectivity index (χ0v) is 18.4. The molecule has 0 spiro atoms. The van der Waals surface area contributed by atoms with Crippen LogP contribution in [0.15, 0.2) is 65.2 Å². The first-order valence-corrected chi connectivity index (χ1v) is 10.6. The number of hydrogen-bond donors (Lipinski definition) is 1. The lowest BCUT2D eigenvalue weighted by Gasteiger charge is -2.13. The van der Waals surface area contributed by atoms with Crippen molar-refractivity contribution < 1.29 is 17.9 Å². The van der Waals surface area contributed by atoms with Gasteiger partial charge in [-0.05, 0) is 53.4 Å². The van der Waals surface area contributed by atoms with Gasteiger partial charge < -0.3 is 10.5 Å². The molecule has 35 heavy (non-hydrogen) atoms. The summed E-state index contributed by atoms with van der Waals surface area (Å²) in [6.07, 6.45) is 0.0974. The van der Waals surface area contributed by atoms with Crippen LogP contribution in [0.3, 0.4) is 0 Å². The van der Waals surface area contributed by atoms with Crippen molar-refractivity contribution in [1.29, 1.82) is 0 Å². The fourth-order valence-electron chi connectivity index (χ4n) is 3.70. The molecule has 2 aromatic heterocycles. The number of nitrogens with zero attached hydrogens (tertiary/aromatic N) is 6. The van der Waals surface area contributed by atoms with Gasteiger partial charge in [-0.1, -0.05) is 17.9 Å². The van der Waals surface area contributed by atoms with E-state index in [1.165, 1.54) is 16.9 Å². The fourth-order valence-corrected chi connectivity index (χ4v) is 3.70. The molecular weight excluding hydrogens is 459 g/mol. The number of anilines is 1. The lowest BCUT2D eigenvalue weighted by atomic mass is 10.0. The molecule has 8 nitrogen and oxygen atoms in total. The van der Waals surface area contributed by atoms with Gasteiger partial charge in [0.25, 0.3) is 0 Å². The van der Waals surface area contributed by atoms with Gasteiger partial charge in [-0.25, -0.2) is 23.1 Å². The molecule has 11 heteroatoms. The molecule has 0 aliphatic carbocycles. The minimum absolute atomic E-state index is 0.0154. The molecule has 0 saturated heterocycles. The number of ether oxygens (including phenoxy) is 1. The van der Waals surface area contributed by atoms with Crippen molar-refractivity contribution in [3.8, 4) is 11.4 Å². The highest BCUT2D eigenvalue weighted by Crippen LogP contribution is 2.25. The van der Waals surface area contributed by atoms with Crippen LogP contribution in [0.4, 0.5) is 19.0 Å². The van der Waals surface area contributed by atoms with Gasteiger partial charge in [0.2, 0.25) is 17.5 Å². The van der Waals surface area contributed by atoms with E-state index in [9.17, 15) is 13.2 Å². The maximum absolute atomic E-state index is 15.0. The van der Waals surface area contributed by atoms with E-state index in [4.69, 9.17) is 10.5 Å². The smallest absolute Gasteiger partial charge is 0.302 e. The Morgan fingerprint density at radius 3 is 2.89 bits per heavy atom. The highest BCUT2D eigenvalue weighted by Gasteiger charge is 2.21. The van der Waals surface area contributed by atoms with Gasteiger partial charge in [0, 0.05) is 28.3 Å². The second-order valence-corrected chi connectivity index (χ2v) is 7.80. The molecule has 5 rings (SSSR count). The number of tetrazole rings is 1. The number of alkyl halides is 2. The summed E-state index contributed by atoms with van der Waals surface area (Å²) in [5.41, 5.74) is 10.2. The average molecular weight is 477 g/mol. The van der Waals surface area contributed by atoms with Gasteiger partial charge in [-0.3, -0.25) is 0 Å². The van der Waals surface area contributed by atoms with E-state index in [2.05, 4.69) is 31.1 Å². The molecule has 0 radical (unpaired) electrons. The number of rotatable bonds is 5. The second-order valence-electron chi connectivity index (χ2n) is 7.80. The van der Waals surface area contributed by atoms with Crippen LogP contribution in [0.5, 0.6) is 0 Å². The molecule has 4 aromatic rings. The van der Waals surface area contributed by atoms with Gasteiger partial charge in [0.15, 0.2) is 0 Å². The number of aromatic nitrogens is 5. The lowest BCUT2D eigenvalue weighted by molar-refractivity contribution is 0.134. The van der Waals surface area contributed by atoms with Gasteiger partial charge in [0.05, 0.1) is 13.1 Å². The molecule has 0 unspecified atom stereocenters.